The molecule has 0 spiro atoms. The van der Waals surface area contributed by atoms with E-state index in [9.17, 15) is 4.79 Å². The van der Waals surface area contributed by atoms with Crippen LogP contribution in [0.25, 0.3) is 15.6 Å². The highest BCUT2D eigenvalue weighted by Gasteiger charge is 2.33. The number of nitrogens with one attached hydrogen (secondary N) is 1. The lowest BCUT2D eigenvalue weighted by molar-refractivity contribution is 0.0960. The number of hydrogen-bond donors (Lipinski definition) is 1. The van der Waals surface area contributed by atoms with Crippen LogP contribution in [0.4, 0.5) is 10.7 Å². The molecule has 29 heavy (non-hydrogen) atoms. The molecule has 0 radical (unpaired) electrons. The third kappa shape index (κ3) is 3.17. The number of nitrogens with zero attached hydrogens (tertiary/aromatic N) is 2. The lowest BCUT2D eigenvalue weighted by atomic mass is 9.87. The van der Waals surface area contributed by atoms with Crippen LogP contribution in [-0.2, 0) is 4.74 Å². The Balaban J connectivity index is 1.66. The van der Waals surface area contributed by atoms with Gasteiger partial charge in [0.15, 0.2) is 0 Å². The molecule has 5 rings (SSSR count). The lowest BCUT2D eigenvalue weighted by Crippen LogP contribution is -2.35. The van der Waals surface area contributed by atoms with E-state index in [0.29, 0.717) is 30.3 Å². The zero-order valence-electron chi connectivity index (χ0n) is 16.0. The predicted molar refractivity (Wildman–Crippen MR) is 116 cm³/mol. The van der Waals surface area contributed by atoms with Crippen LogP contribution in [0.2, 0.25) is 0 Å². The van der Waals surface area contributed by atoms with Crippen LogP contribution >= 0.6 is 11.3 Å². The van der Waals surface area contributed by atoms with Crippen molar-refractivity contribution in [3.05, 3.63) is 69.9 Å². The molecule has 1 fully saturated rings. The number of fused-ring (bicyclic) bond motifs is 2. The molecule has 5 nitrogen and oxygen atoms in total. The maximum Gasteiger partial charge on any atom is 0.260 e. The fourth-order valence-electron chi connectivity index (χ4n) is 4.32. The highest BCUT2D eigenvalue weighted by molar-refractivity contribution is 7.19. The largest absolute Gasteiger partial charge is 0.378 e. The van der Waals surface area contributed by atoms with Crippen LogP contribution in [0.1, 0.15) is 33.1 Å². The summed E-state index contributed by atoms with van der Waals surface area (Å²) >= 11 is 1.46. The average Bonchev–Trinajstić information content (AvgIpc) is 3.08. The molecular weight excluding hydrogens is 382 g/mol. The van der Waals surface area contributed by atoms with Crippen LogP contribution in [0.5, 0.6) is 0 Å². The average molecular weight is 404 g/mol. The van der Waals surface area contributed by atoms with Gasteiger partial charge in [-0.2, -0.15) is 0 Å². The van der Waals surface area contributed by atoms with E-state index in [1.54, 1.807) is 0 Å². The van der Waals surface area contributed by atoms with E-state index >= 15 is 0 Å². The van der Waals surface area contributed by atoms with Gasteiger partial charge in [-0.25, -0.2) is 4.85 Å². The van der Waals surface area contributed by atoms with Crippen molar-refractivity contribution in [1.82, 2.24) is 5.32 Å². The van der Waals surface area contributed by atoms with Crippen molar-refractivity contribution >= 4 is 38.7 Å². The van der Waals surface area contributed by atoms with Crippen LogP contribution in [0.15, 0.2) is 42.5 Å². The Morgan fingerprint density at radius 2 is 1.93 bits per heavy atom. The Morgan fingerprint density at radius 3 is 2.72 bits per heavy atom. The summed E-state index contributed by atoms with van der Waals surface area (Å²) in [7, 11) is 0. The standard InChI is InChI=1S/C23H21N3O2S/c1-24-20-19-18(17-7-6-15-4-2-3-5-16(15)14-17)8-9-25-22(27)21(19)29-23(20)26-10-12-28-13-11-26/h2-7,14,18H,8-13H2,(H,25,27). The number of carbonyl (C=O) groups excluding carboxylic acids is 1. The molecule has 1 N–H and O–H groups in total. The summed E-state index contributed by atoms with van der Waals surface area (Å²) in [6, 6.07) is 14.8. The number of benzene rings is 2. The molecule has 1 atom stereocenters. The Bertz CT molecular complexity index is 1120. The van der Waals surface area contributed by atoms with Crippen molar-refractivity contribution in [3.8, 4) is 0 Å². The highest BCUT2D eigenvalue weighted by atomic mass is 32.1. The summed E-state index contributed by atoms with van der Waals surface area (Å²) in [4.78, 5) is 19.6. The van der Waals surface area contributed by atoms with Gasteiger partial charge < -0.3 is 15.0 Å². The Hall–Kier alpha value is -2.88. The number of amides is 1. The predicted octanol–water partition coefficient (Wildman–Crippen LogP) is 4.55. The van der Waals surface area contributed by atoms with Crippen molar-refractivity contribution in [2.24, 2.45) is 0 Å². The number of morpholine rings is 1. The molecule has 1 aromatic heterocycles. The number of hydrogen-bond acceptors (Lipinski definition) is 4. The van der Waals surface area contributed by atoms with E-state index in [-0.39, 0.29) is 11.8 Å². The van der Waals surface area contributed by atoms with E-state index in [1.165, 1.54) is 22.1 Å². The molecule has 146 valence electrons. The van der Waals surface area contributed by atoms with Crippen molar-refractivity contribution in [2.45, 2.75) is 12.3 Å². The first-order valence-corrected chi connectivity index (χ1v) is 10.7. The van der Waals surface area contributed by atoms with E-state index < -0.39 is 0 Å². The number of carbonyl (C=O) groups is 1. The number of thiophene rings is 1. The summed E-state index contributed by atoms with van der Waals surface area (Å²) in [5, 5.41) is 6.33. The van der Waals surface area contributed by atoms with Gasteiger partial charge in [0.25, 0.3) is 5.91 Å². The van der Waals surface area contributed by atoms with Gasteiger partial charge in [0, 0.05) is 25.6 Å². The third-order valence-electron chi connectivity index (χ3n) is 5.76. The Kier molecular flexibility index (Phi) is 4.70. The van der Waals surface area contributed by atoms with Crippen LogP contribution in [0.3, 0.4) is 0 Å². The topological polar surface area (TPSA) is 45.9 Å². The molecule has 2 aliphatic heterocycles. The second-order valence-electron chi connectivity index (χ2n) is 7.41. The van der Waals surface area contributed by atoms with E-state index in [1.807, 2.05) is 12.1 Å². The Morgan fingerprint density at radius 1 is 1.14 bits per heavy atom. The van der Waals surface area contributed by atoms with Gasteiger partial charge in [-0.05, 0) is 28.3 Å². The molecule has 1 amide bonds. The minimum absolute atomic E-state index is 0.0312. The number of anilines is 1. The van der Waals surface area contributed by atoms with E-state index in [2.05, 4.69) is 45.4 Å². The lowest BCUT2D eigenvalue weighted by Gasteiger charge is -2.28. The normalized spacial score (nSPS) is 19.3. The van der Waals surface area contributed by atoms with Gasteiger partial charge >= 0.3 is 0 Å². The van der Waals surface area contributed by atoms with E-state index in [0.717, 1.165) is 35.6 Å². The molecular formula is C23H21N3O2S. The summed E-state index contributed by atoms with van der Waals surface area (Å²) in [6.45, 7) is 11.4. The van der Waals surface area contributed by atoms with Gasteiger partial charge in [0.1, 0.15) is 0 Å². The van der Waals surface area contributed by atoms with Crippen molar-refractivity contribution in [1.29, 1.82) is 0 Å². The molecule has 0 bridgehead atoms. The Labute approximate surface area is 173 Å². The van der Waals surface area contributed by atoms with Gasteiger partial charge in [0.2, 0.25) is 5.69 Å². The SMILES string of the molecule is [C-]#[N+]c1c(N2CCOCC2)sc2c1C(c1ccc3ccccc3c1)CCNC2=O. The monoisotopic (exact) mass is 403 g/mol. The minimum Gasteiger partial charge on any atom is -0.378 e. The molecule has 2 aliphatic rings. The number of rotatable bonds is 2. The fourth-order valence-corrected chi connectivity index (χ4v) is 5.59. The molecule has 0 aliphatic carbocycles. The van der Waals surface area contributed by atoms with Gasteiger partial charge in [0.05, 0.1) is 29.7 Å². The van der Waals surface area contributed by atoms with Crippen molar-refractivity contribution in [2.75, 3.05) is 37.7 Å². The minimum atomic E-state index is -0.0577. The maximum absolute atomic E-state index is 12.8. The first kappa shape index (κ1) is 18.2. The molecule has 0 saturated carbocycles. The van der Waals surface area contributed by atoms with Crippen LogP contribution in [0, 0.1) is 6.57 Å². The maximum atomic E-state index is 12.8. The first-order valence-electron chi connectivity index (χ1n) is 9.90. The zero-order valence-corrected chi connectivity index (χ0v) is 16.8. The summed E-state index contributed by atoms with van der Waals surface area (Å²) in [5.74, 6) is -0.0265. The first-order chi connectivity index (χ1) is 14.3. The second kappa shape index (κ2) is 7.51. The number of ether oxygens (including phenoxy) is 1. The highest BCUT2D eigenvalue weighted by Crippen LogP contribution is 2.49. The summed E-state index contributed by atoms with van der Waals surface area (Å²) in [6.07, 6.45) is 0.791. The summed E-state index contributed by atoms with van der Waals surface area (Å²) in [5.41, 5.74) is 2.71. The third-order valence-corrected chi connectivity index (χ3v) is 7.01. The van der Waals surface area contributed by atoms with Gasteiger partial charge in [-0.1, -0.05) is 42.5 Å². The summed E-state index contributed by atoms with van der Waals surface area (Å²) < 4.78 is 5.48. The van der Waals surface area contributed by atoms with Crippen molar-refractivity contribution in [3.63, 3.8) is 0 Å². The zero-order chi connectivity index (χ0) is 19.8. The molecule has 2 aromatic carbocycles. The van der Waals surface area contributed by atoms with E-state index in [4.69, 9.17) is 11.3 Å². The molecule has 6 heteroatoms. The van der Waals surface area contributed by atoms with Crippen molar-refractivity contribution < 1.29 is 9.53 Å². The molecule has 1 saturated heterocycles. The smallest absolute Gasteiger partial charge is 0.260 e. The fraction of sp³-hybridized carbons (Fsp3) is 0.304. The quantitative estimate of drug-likeness (QED) is 0.639. The van der Waals surface area contributed by atoms with Crippen LogP contribution < -0.4 is 10.2 Å². The van der Waals surface area contributed by atoms with Gasteiger partial charge in [-0.3, -0.25) is 4.79 Å². The van der Waals surface area contributed by atoms with Gasteiger partial charge in [-0.15, -0.1) is 11.3 Å². The second-order valence-corrected chi connectivity index (χ2v) is 8.41. The molecule has 3 aromatic rings. The molecule has 3 heterocycles. The van der Waals surface area contributed by atoms with Crippen LogP contribution in [-0.4, -0.2) is 38.8 Å². The molecule has 1 unspecified atom stereocenters.